The SMILES string of the molecule is CCc1nc(CC(=O)Nc2cc(C(F)(F)F)cc(C(F)(F)F)c2)cs1. The van der Waals surface area contributed by atoms with Crippen molar-refractivity contribution in [2.24, 2.45) is 0 Å². The molecule has 0 unspecified atom stereocenters. The van der Waals surface area contributed by atoms with Crippen molar-refractivity contribution in [1.29, 1.82) is 0 Å². The van der Waals surface area contributed by atoms with Crippen LogP contribution in [0.1, 0.15) is 28.8 Å². The first kappa shape index (κ1) is 19.2. The molecule has 0 radical (unpaired) electrons. The highest BCUT2D eigenvalue weighted by Crippen LogP contribution is 2.37. The second-order valence-corrected chi connectivity index (χ2v) is 6.05. The molecular formula is C15H12F6N2OS. The number of aromatic nitrogens is 1. The first-order valence-corrected chi connectivity index (χ1v) is 7.89. The fourth-order valence-corrected chi connectivity index (χ4v) is 2.73. The molecule has 0 spiro atoms. The molecule has 1 N–H and O–H groups in total. The second kappa shape index (κ2) is 7.03. The van der Waals surface area contributed by atoms with E-state index in [2.05, 4.69) is 10.3 Å². The molecule has 0 aliphatic rings. The lowest BCUT2D eigenvalue weighted by atomic mass is 10.1. The van der Waals surface area contributed by atoms with Crippen LogP contribution in [0.4, 0.5) is 32.0 Å². The van der Waals surface area contributed by atoms with Crippen LogP contribution in [-0.2, 0) is 30.0 Å². The summed E-state index contributed by atoms with van der Waals surface area (Å²) < 4.78 is 76.6. The Kier molecular flexibility index (Phi) is 5.40. The number of carbonyl (C=O) groups is 1. The first-order valence-electron chi connectivity index (χ1n) is 7.01. The zero-order valence-corrected chi connectivity index (χ0v) is 13.6. The summed E-state index contributed by atoms with van der Waals surface area (Å²) in [6.07, 6.45) is -9.51. The van der Waals surface area contributed by atoms with Gasteiger partial charge in [0, 0.05) is 11.1 Å². The van der Waals surface area contributed by atoms with Crippen molar-refractivity contribution in [2.75, 3.05) is 5.32 Å². The molecule has 136 valence electrons. The molecule has 0 aliphatic carbocycles. The van der Waals surface area contributed by atoms with Gasteiger partial charge in [-0.05, 0) is 24.6 Å². The Balaban J connectivity index is 2.23. The summed E-state index contributed by atoms with van der Waals surface area (Å²) in [4.78, 5) is 16.0. The number of aryl methyl sites for hydroxylation is 1. The molecule has 1 amide bonds. The Morgan fingerprint density at radius 2 is 1.64 bits per heavy atom. The Labute approximate surface area is 142 Å². The Hall–Kier alpha value is -2.10. The van der Waals surface area contributed by atoms with Crippen LogP contribution in [0.5, 0.6) is 0 Å². The van der Waals surface area contributed by atoms with Crippen molar-refractivity contribution < 1.29 is 31.1 Å². The van der Waals surface area contributed by atoms with E-state index < -0.39 is 35.1 Å². The minimum Gasteiger partial charge on any atom is -0.326 e. The predicted octanol–water partition coefficient (Wildman–Crippen LogP) is 4.92. The highest BCUT2D eigenvalue weighted by Gasteiger charge is 2.37. The van der Waals surface area contributed by atoms with Crippen LogP contribution >= 0.6 is 11.3 Å². The number of anilines is 1. The van der Waals surface area contributed by atoms with E-state index in [4.69, 9.17) is 0 Å². The fourth-order valence-electron chi connectivity index (χ4n) is 1.99. The van der Waals surface area contributed by atoms with Gasteiger partial charge in [-0.15, -0.1) is 11.3 Å². The molecule has 2 rings (SSSR count). The van der Waals surface area contributed by atoms with E-state index in [0.29, 0.717) is 24.2 Å². The number of alkyl halides is 6. The lowest BCUT2D eigenvalue weighted by molar-refractivity contribution is -0.143. The number of rotatable bonds is 4. The van der Waals surface area contributed by atoms with E-state index in [1.54, 1.807) is 5.38 Å². The third-order valence-corrected chi connectivity index (χ3v) is 4.16. The number of amides is 1. The summed E-state index contributed by atoms with van der Waals surface area (Å²) in [6, 6.07) is 0.931. The average molecular weight is 382 g/mol. The summed E-state index contributed by atoms with van der Waals surface area (Å²) in [5, 5.41) is 4.46. The lowest BCUT2D eigenvalue weighted by Gasteiger charge is -2.14. The van der Waals surface area contributed by atoms with Crippen LogP contribution in [0.3, 0.4) is 0 Å². The molecule has 1 heterocycles. The predicted molar refractivity (Wildman–Crippen MR) is 80.3 cm³/mol. The quantitative estimate of drug-likeness (QED) is 0.763. The van der Waals surface area contributed by atoms with Crippen molar-refractivity contribution in [1.82, 2.24) is 4.98 Å². The van der Waals surface area contributed by atoms with Gasteiger partial charge >= 0.3 is 12.4 Å². The normalized spacial score (nSPS) is 12.3. The maximum absolute atomic E-state index is 12.8. The maximum atomic E-state index is 12.8. The van der Waals surface area contributed by atoms with Crippen LogP contribution in [-0.4, -0.2) is 10.9 Å². The number of nitrogens with zero attached hydrogens (tertiary/aromatic N) is 1. The number of carbonyl (C=O) groups excluding carboxylic acids is 1. The van der Waals surface area contributed by atoms with Gasteiger partial charge in [0.2, 0.25) is 5.91 Å². The van der Waals surface area contributed by atoms with Gasteiger partial charge in [-0.3, -0.25) is 4.79 Å². The zero-order chi connectivity index (χ0) is 18.8. The minimum absolute atomic E-state index is 0.00358. The molecule has 0 atom stereocenters. The van der Waals surface area contributed by atoms with Gasteiger partial charge in [0.1, 0.15) is 0 Å². The smallest absolute Gasteiger partial charge is 0.326 e. The summed E-state index contributed by atoms with van der Waals surface area (Å²) in [5.74, 6) is -0.750. The molecule has 0 saturated carbocycles. The number of hydrogen-bond donors (Lipinski definition) is 1. The average Bonchev–Trinajstić information content (AvgIpc) is 2.92. The fraction of sp³-hybridized carbons (Fsp3) is 0.333. The maximum Gasteiger partial charge on any atom is 0.416 e. The van der Waals surface area contributed by atoms with Gasteiger partial charge < -0.3 is 5.32 Å². The topological polar surface area (TPSA) is 42.0 Å². The molecule has 0 saturated heterocycles. The lowest BCUT2D eigenvalue weighted by Crippen LogP contribution is -2.17. The number of benzene rings is 1. The molecule has 10 heteroatoms. The molecule has 2 aromatic rings. The molecular weight excluding hydrogens is 370 g/mol. The monoisotopic (exact) mass is 382 g/mol. The third kappa shape index (κ3) is 5.18. The van der Waals surface area contributed by atoms with E-state index in [1.165, 1.54) is 11.3 Å². The van der Waals surface area contributed by atoms with E-state index >= 15 is 0 Å². The van der Waals surface area contributed by atoms with Crippen molar-refractivity contribution in [3.8, 4) is 0 Å². The van der Waals surface area contributed by atoms with Crippen LogP contribution in [0.2, 0.25) is 0 Å². The molecule has 0 bridgehead atoms. The summed E-state index contributed by atoms with van der Waals surface area (Å²) >= 11 is 1.32. The standard InChI is InChI=1S/C15H12F6N2OS/c1-2-13-23-11(7-25-13)6-12(24)22-10-4-8(14(16,17)18)3-9(5-10)15(19,20)21/h3-5,7H,2,6H2,1H3,(H,22,24). The minimum atomic E-state index is -4.97. The van der Waals surface area contributed by atoms with Crippen LogP contribution < -0.4 is 5.32 Å². The van der Waals surface area contributed by atoms with Crippen LogP contribution in [0, 0.1) is 0 Å². The highest BCUT2D eigenvalue weighted by atomic mass is 32.1. The molecule has 3 nitrogen and oxygen atoms in total. The van der Waals surface area contributed by atoms with Crippen molar-refractivity contribution in [3.63, 3.8) is 0 Å². The Bertz CT molecular complexity index is 734. The molecule has 0 fully saturated rings. The third-order valence-electron chi connectivity index (χ3n) is 3.11. The number of hydrogen-bond acceptors (Lipinski definition) is 3. The van der Waals surface area contributed by atoms with E-state index in [0.717, 1.165) is 5.01 Å². The Morgan fingerprint density at radius 3 is 2.08 bits per heavy atom. The number of nitrogens with one attached hydrogen (secondary N) is 1. The molecule has 0 aliphatic heterocycles. The molecule has 1 aromatic heterocycles. The number of halogens is 6. The van der Waals surface area contributed by atoms with Crippen molar-refractivity contribution >= 4 is 22.9 Å². The van der Waals surface area contributed by atoms with Gasteiger partial charge in [-0.25, -0.2) is 4.98 Å². The van der Waals surface area contributed by atoms with E-state index in [1.807, 2.05) is 6.92 Å². The first-order chi connectivity index (χ1) is 11.5. The van der Waals surface area contributed by atoms with Crippen LogP contribution in [0.25, 0.3) is 0 Å². The van der Waals surface area contributed by atoms with Gasteiger partial charge in [0.15, 0.2) is 0 Å². The van der Waals surface area contributed by atoms with Gasteiger partial charge in [0.05, 0.1) is 28.2 Å². The summed E-state index contributed by atoms with van der Waals surface area (Å²) in [5.41, 5.74) is -3.14. The number of thiazole rings is 1. The second-order valence-electron chi connectivity index (χ2n) is 5.11. The van der Waals surface area contributed by atoms with E-state index in [-0.39, 0.29) is 12.5 Å². The van der Waals surface area contributed by atoms with Crippen LogP contribution in [0.15, 0.2) is 23.6 Å². The zero-order valence-electron chi connectivity index (χ0n) is 12.8. The van der Waals surface area contributed by atoms with Gasteiger partial charge in [0.25, 0.3) is 0 Å². The largest absolute Gasteiger partial charge is 0.416 e. The summed E-state index contributed by atoms with van der Waals surface area (Å²) in [6.45, 7) is 1.87. The van der Waals surface area contributed by atoms with Crippen molar-refractivity contribution in [2.45, 2.75) is 32.1 Å². The molecule has 1 aromatic carbocycles. The summed E-state index contributed by atoms with van der Waals surface area (Å²) in [7, 11) is 0. The van der Waals surface area contributed by atoms with Gasteiger partial charge in [-0.1, -0.05) is 6.92 Å². The van der Waals surface area contributed by atoms with E-state index in [9.17, 15) is 31.1 Å². The van der Waals surface area contributed by atoms with Crippen molar-refractivity contribution in [3.05, 3.63) is 45.4 Å². The van der Waals surface area contributed by atoms with Gasteiger partial charge in [-0.2, -0.15) is 26.3 Å². The molecule has 25 heavy (non-hydrogen) atoms. The Morgan fingerprint density at radius 1 is 1.08 bits per heavy atom. The highest BCUT2D eigenvalue weighted by molar-refractivity contribution is 7.09.